The molecular weight excluding hydrogens is 292 g/mol. The molecule has 1 atom stereocenters. The zero-order valence-corrected chi connectivity index (χ0v) is 14.6. The smallest absolute Gasteiger partial charge is 0.241 e. The van der Waals surface area contributed by atoms with Crippen LogP contribution in [-0.2, 0) is 16.6 Å². The zero-order chi connectivity index (χ0) is 15.3. The molecule has 0 amide bonds. The first-order valence-electron chi connectivity index (χ1n) is 7.07. The summed E-state index contributed by atoms with van der Waals surface area (Å²) < 4.78 is 27.4. The number of thiophene rings is 1. The molecule has 1 unspecified atom stereocenters. The van der Waals surface area contributed by atoms with Gasteiger partial charge in [0.2, 0.25) is 10.0 Å². The van der Waals surface area contributed by atoms with Crippen LogP contribution in [0.1, 0.15) is 37.4 Å². The number of hydrogen-bond donors (Lipinski definition) is 2. The van der Waals surface area contributed by atoms with Crippen LogP contribution >= 0.6 is 11.3 Å². The van der Waals surface area contributed by atoms with E-state index in [9.17, 15) is 8.42 Å². The Morgan fingerprint density at radius 2 is 1.95 bits per heavy atom. The fourth-order valence-electron chi connectivity index (χ4n) is 1.68. The topological polar surface area (TPSA) is 58.2 Å². The van der Waals surface area contributed by atoms with Gasteiger partial charge in [-0.25, -0.2) is 13.1 Å². The Morgan fingerprint density at radius 1 is 1.30 bits per heavy atom. The highest BCUT2D eigenvalue weighted by molar-refractivity contribution is 7.89. The second kappa shape index (κ2) is 7.54. The van der Waals surface area contributed by atoms with E-state index in [-0.39, 0.29) is 0 Å². The van der Waals surface area contributed by atoms with Crippen molar-refractivity contribution in [3.05, 3.63) is 15.8 Å². The first kappa shape index (κ1) is 17.6. The number of rotatable bonds is 8. The summed E-state index contributed by atoms with van der Waals surface area (Å²) in [6, 6.07) is 1.78. The molecule has 4 nitrogen and oxygen atoms in total. The molecule has 0 bridgehead atoms. The number of nitrogens with one attached hydrogen (secondary N) is 2. The first-order chi connectivity index (χ1) is 9.27. The second-order valence-corrected chi connectivity index (χ2v) is 8.56. The Kier molecular flexibility index (Phi) is 6.64. The predicted octanol–water partition coefficient (Wildman–Crippen LogP) is 2.74. The zero-order valence-electron chi connectivity index (χ0n) is 13.0. The molecule has 0 saturated heterocycles. The number of sulfonamides is 1. The highest BCUT2D eigenvalue weighted by Gasteiger charge is 2.21. The molecule has 116 valence electrons. The summed E-state index contributed by atoms with van der Waals surface area (Å²) in [6.07, 6.45) is 0. The third kappa shape index (κ3) is 4.84. The van der Waals surface area contributed by atoms with E-state index in [4.69, 9.17) is 0 Å². The Morgan fingerprint density at radius 3 is 2.50 bits per heavy atom. The molecular formula is C14H26N2O2S2. The predicted molar refractivity (Wildman–Crippen MR) is 85.6 cm³/mol. The van der Waals surface area contributed by atoms with Crippen molar-refractivity contribution in [2.45, 2.75) is 46.1 Å². The molecule has 0 spiro atoms. The number of hydrogen-bond acceptors (Lipinski definition) is 4. The van der Waals surface area contributed by atoms with Crippen molar-refractivity contribution in [3.63, 3.8) is 0 Å². The lowest BCUT2D eigenvalue weighted by Crippen LogP contribution is -2.30. The summed E-state index contributed by atoms with van der Waals surface area (Å²) in [4.78, 5) is 2.33. The van der Waals surface area contributed by atoms with Gasteiger partial charge >= 0.3 is 0 Å². The summed E-state index contributed by atoms with van der Waals surface area (Å²) in [7, 11) is -3.39. The monoisotopic (exact) mass is 318 g/mol. The average Bonchev–Trinajstić information content (AvgIpc) is 2.75. The lowest BCUT2D eigenvalue weighted by atomic mass is 9.99. The highest BCUT2D eigenvalue weighted by atomic mass is 32.2. The molecule has 0 aliphatic heterocycles. The molecule has 0 aromatic carbocycles. The average molecular weight is 319 g/mol. The van der Waals surface area contributed by atoms with Crippen LogP contribution in [0.3, 0.4) is 0 Å². The quantitative estimate of drug-likeness (QED) is 0.775. The van der Waals surface area contributed by atoms with Crippen LogP contribution in [0, 0.1) is 18.8 Å². The molecule has 0 radical (unpaired) electrons. The van der Waals surface area contributed by atoms with Crippen molar-refractivity contribution in [1.29, 1.82) is 0 Å². The maximum Gasteiger partial charge on any atom is 0.241 e. The van der Waals surface area contributed by atoms with Crippen LogP contribution in [-0.4, -0.2) is 21.5 Å². The molecule has 6 heteroatoms. The standard InChI is InChI=1S/C14H26N2O2S2/c1-6-15-9-13-7-14(12(5)19-13)20(17,18)16-8-11(4)10(2)3/h7,10-11,15-16H,6,8-9H2,1-5H3. The summed E-state index contributed by atoms with van der Waals surface area (Å²) >= 11 is 1.54. The van der Waals surface area contributed by atoms with E-state index in [2.05, 4.69) is 30.8 Å². The van der Waals surface area contributed by atoms with E-state index >= 15 is 0 Å². The lowest BCUT2D eigenvalue weighted by molar-refractivity contribution is 0.414. The van der Waals surface area contributed by atoms with Crippen LogP contribution in [0.5, 0.6) is 0 Å². The van der Waals surface area contributed by atoms with E-state index in [1.807, 2.05) is 13.8 Å². The van der Waals surface area contributed by atoms with Crippen LogP contribution in [0.2, 0.25) is 0 Å². The SMILES string of the molecule is CCNCc1cc(S(=O)(=O)NCC(C)C(C)C)c(C)s1. The van der Waals surface area contributed by atoms with Gasteiger partial charge in [-0.3, -0.25) is 0 Å². The van der Waals surface area contributed by atoms with Crippen molar-refractivity contribution in [2.24, 2.45) is 11.8 Å². The van der Waals surface area contributed by atoms with Crippen LogP contribution in [0.25, 0.3) is 0 Å². The third-order valence-corrected chi connectivity index (χ3v) is 6.22. The van der Waals surface area contributed by atoms with E-state index in [0.29, 0.717) is 23.3 Å². The van der Waals surface area contributed by atoms with Crippen molar-refractivity contribution in [2.75, 3.05) is 13.1 Å². The van der Waals surface area contributed by atoms with Gasteiger partial charge in [-0.05, 0) is 31.4 Å². The second-order valence-electron chi connectivity index (χ2n) is 5.49. The van der Waals surface area contributed by atoms with Crippen molar-refractivity contribution in [3.8, 4) is 0 Å². The normalized spacial score (nSPS) is 13.9. The van der Waals surface area contributed by atoms with Gasteiger partial charge in [-0.1, -0.05) is 27.7 Å². The summed E-state index contributed by atoms with van der Waals surface area (Å²) in [5.74, 6) is 0.788. The van der Waals surface area contributed by atoms with Crippen LogP contribution < -0.4 is 10.0 Å². The van der Waals surface area contributed by atoms with Gasteiger partial charge in [-0.2, -0.15) is 0 Å². The van der Waals surface area contributed by atoms with Gasteiger partial charge in [0.1, 0.15) is 0 Å². The minimum absolute atomic E-state index is 0.324. The fraction of sp³-hybridized carbons (Fsp3) is 0.714. The summed E-state index contributed by atoms with van der Waals surface area (Å²) in [5.41, 5.74) is 0. The molecule has 1 heterocycles. The largest absolute Gasteiger partial charge is 0.312 e. The molecule has 0 fully saturated rings. The highest BCUT2D eigenvalue weighted by Crippen LogP contribution is 2.25. The van der Waals surface area contributed by atoms with Crippen molar-refractivity contribution >= 4 is 21.4 Å². The van der Waals surface area contributed by atoms with Crippen LogP contribution in [0.15, 0.2) is 11.0 Å². The maximum atomic E-state index is 12.3. The van der Waals surface area contributed by atoms with Crippen LogP contribution in [0.4, 0.5) is 0 Å². The lowest BCUT2D eigenvalue weighted by Gasteiger charge is -2.16. The Labute approximate surface area is 127 Å². The van der Waals surface area contributed by atoms with Crippen molar-refractivity contribution < 1.29 is 8.42 Å². The van der Waals surface area contributed by atoms with Gasteiger partial charge in [0.15, 0.2) is 0 Å². The van der Waals surface area contributed by atoms with E-state index in [0.717, 1.165) is 22.8 Å². The molecule has 0 aliphatic rings. The first-order valence-corrected chi connectivity index (χ1v) is 9.37. The molecule has 0 saturated carbocycles. The summed E-state index contributed by atoms with van der Waals surface area (Å²) in [5, 5.41) is 3.22. The summed E-state index contributed by atoms with van der Waals surface area (Å²) in [6.45, 7) is 12.2. The van der Waals surface area contributed by atoms with E-state index in [1.54, 1.807) is 17.4 Å². The van der Waals surface area contributed by atoms with Gasteiger partial charge in [0.25, 0.3) is 0 Å². The van der Waals surface area contributed by atoms with Gasteiger partial charge < -0.3 is 5.32 Å². The van der Waals surface area contributed by atoms with Gasteiger partial charge in [0, 0.05) is 22.8 Å². The van der Waals surface area contributed by atoms with E-state index < -0.39 is 10.0 Å². The third-order valence-electron chi connectivity index (χ3n) is 3.50. The fourth-order valence-corrected chi connectivity index (χ4v) is 4.43. The Bertz CT molecular complexity index is 521. The molecule has 2 N–H and O–H groups in total. The molecule has 1 aromatic heterocycles. The Hall–Kier alpha value is -0.430. The molecule has 0 aliphatic carbocycles. The number of aryl methyl sites for hydroxylation is 1. The van der Waals surface area contributed by atoms with Gasteiger partial charge in [-0.15, -0.1) is 11.3 Å². The maximum absolute atomic E-state index is 12.3. The molecule has 1 rings (SSSR count). The van der Waals surface area contributed by atoms with E-state index in [1.165, 1.54) is 0 Å². The van der Waals surface area contributed by atoms with Gasteiger partial charge in [0.05, 0.1) is 4.90 Å². The molecule has 1 aromatic rings. The van der Waals surface area contributed by atoms with Crippen molar-refractivity contribution in [1.82, 2.24) is 10.0 Å². The minimum Gasteiger partial charge on any atom is -0.312 e. The minimum atomic E-state index is -3.39. The molecule has 20 heavy (non-hydrogen) atoms. The Balaban J connectivity index is 2.79.